The fourth-order valence-electron chi connectivity index (χ4n) is 5.55. The summed E-state index contributed by atoms with van der Waals surface area (Å²) in [6.45, 7) is 6.72. The first-order chi connectivity index (χ1) is 21.3. The van der Waals surface area contributed by atoms with Gasteiger partial charge in [0.25, 0.3) is 0 Å². The number of nitrogens with zero attached hydrogens (tertiary/aromatic N) is 7. The van der Waals surface area contributed by atoms with Crippen molar-refractivity contribution in [3.05, 3.63) is 81.9 Å². The summed E-state index contributed by atoms with van der Waals surface area (Å²) in [7, 11) is 0. The van der Waals surface area contributed by atoms with Crippen LogP contribution in [0.5, 0.6) is 0 Å². The van der Waals surface area contributed by atoms with Crippen molar-refractivity contribution in [1.82, 2.24) is 15.1 Å². The fourth-order valence-corrected chi connectivity index (χ4v) is 6.30. The third-order valence-electron chi connectivity index (χ3n) is 8.11. The van der Waals surface area contributed by atoms with Crippen molar-refractivity contribution in [2.45, 2.75) is 25.9 Å². The zero-order chi connectivity index (χ0) is 30.4. The van der Waals surface area contributed by atoms with Crippen LogP contribution < -0.4 is 20.8 Å². The van der Waals surface area contributed by atoms with Gasteiger partial charge in [0.2, 0.25) is 5.13 Å². The van der Waals surface area contributed by atoms with Gasteiger partial charge in [-0.05, 0) is 49.7 Å². The van der Waals surface area contributed by atoms with E-state index in [-0.39, 0.29) is 0 Å². The summed E-state index contributed by atoms with van der Waals surface area (Å²) < 4.78 is 39.6. The third-order valence-corrected chi connectivity index (χ3v) is 8.99. The third kappa shape index (κ3) is 5.44. The molecule has 12 heteroatoms. The van der Waals surface area contributed by atoms with Gasteiger partial charge in [0.05, 0.1) is 34.3 Å². The Kier molecular flexibility index (Phi) is 7.14. The van der Waals surface area contributed by atoms with E-state index in [1.54, 1.807) is 12.1 Å². The zero-order valence-electron chi connectivity index (χ0n) is 23.8. The van der Waals surface area contributed by atoms with Crippen molar-refractivity contribution in [3.8, 4) is 16.6 Å². The van der Waals surface area contributed by atoms with E-state index in [0.717, 1.165) is 90.2 Å². The summed E-state index contributed by atoms with van der Waals surface area (Å²) in [4.78, 5) is 14.5. The van der Waals surface area contributed by atoms with Crippen LogP contribution in [0.2, 0.25) is 0 Å². The second kappa shape index (κ2) is 11.2. The molecular weight excluding hydrogens is 585 g/mol. The number of alkyl halides is 3. The molecule has 4 aromatic rings. The first kappa shape index (κ1) is 28.2. The number of nitrogens with one attached hydrogen (secondary N) is 1. The van der Waals surface area contributed by atoms with E-state index < -0.39 is 11.7 Å². The lowest BCUT2D eigenvalue weighted by molar-refractivity contribution is -0.137. The molecule has 8 nitrogen and oxygen atoms in total. The first-order valence-corrected chi connectivity index (χ1v) is 15.2. The van der Waals surface area contributed by atoms with Gasteiger partial charge in [0.15, 0.2) is 5.84 Å². The summed E-state index contributed by atoms with van der Waals surface area (Å²) in [5.41, 5.74) is 5.14. The predicted octanol–water partition coefficient (Wildman–Crippen LogP) is 5.64. The monoisotopic (exact) mass is 612 g/mol. The van der Waals surface area contributed by atoms with Crippen LogP contribution in [0.4, 0.5) is 35.4 Å². The Morgan fingerprint density at radius 2 is 1.64 bits per heavy atom. The van der Waals surface area contributed by atoms with Gasteiger partial charge in [-0.1, -0.05) is 48.1 Å². The maximum atomic E-state index is 13.2. The van der Waals surface area contributed by atoms with Crippen LogP contribution in [0.1, 0.15) is 36.5 Å². The predicted molar refractivity (Wildman–Crippen MR) is 165 cm³/mol. The lowest BCUT2D eigenvalue weighted by Gasteiger charge is -2.36. The van der Waals surface area contributed by atoms with Crippen molar-refractivity contribution < 1.29 is 13.2 Å². The molecule has 1 saturated heterocycles. The maximum Gasteiger partial charge on any atom is 0.416 e. The molecule has 1 N–H and O–H groups in total. The van der Waals surface area contributed by atoms with Crippen LogP contribution in [-0.2, 0) is 6.18 Å². The van der Waals surface area contributed by atoms with Crippen LogP contribution in [0.25, 0.3) is 16.1 Å². The number of rotatable bonds is 6. The molecule has 2 aliphatic heterocycles. The molecule has 1 aliphatic carbocycles. The molecule has 3 heterocycles. The number of piperazine rings is 1. The molecule has 3 aliphatic rings. The highest BCUT2D eigenvalue weighted by molar-refractivity contribution is 7.18. The molecule has 3 aromatic carbocycles. The first-order valence-electron chi connectivity index (χ1n) is 14.4. The number of fused-ring (bicyclic) bond motifs is 1. The minimum atomic E-state index is -4.41. The SMILES string of the molecule is CCN1CCN(c2cc3c(c(=C4CC4)c2Nc2nnc(-c4ccc(C#N)cc4)s2)=NC(c2ccc(C(F)(F)F)cc2)=N3)CC1. The Balaban J connectivity index is 1.31. The number of nitriles is 1. The van der Waals surface area contributed by atoms with Crippen LogP contribution in [0.3, 0.4) is 0 Å². The van der Waals surface area contributed by atoms with E-state index in [0.29, 0.717) is 27.8 Å². The molecule has 222 valence electrons. The van der Waals surface area contributed by atoms with Gasteiger partial charge in [0.1, 0.15) is 10.4 Å². The smallest absolute Gasteiger partial charge is 0.367 e. The molecule has 0 unspecified atom stereocenters. The number of aliphatic imine (C=N–C) groups is 1. The summed E-state index contributed by atoms with van der Waals surface area (Å²) in [5, 5.41) is 24.7. The lowest BCUT2D eigenvalue weighted by atomic mass is 10.1. The van der Waals surface area contributed by atoms with Crippen LogP contribution >= 0.6 is 11.3 Å². The van der Waals surface area contributed by atoms with Crippen molar-refractivity contribution in [1.29, 1.82) is 5.26 Å². The van der Waals surface area contributed by atoms with Crippen molar-refractivity contribution in [3.63, 3.8) is 0 Å². The highest BCUT2D eigenvalue weighted by Crippen LogP contribution is 2.37. The number of aromatic nitrogens is 2. The maximum absolute atomic E-state index is 13.2. The van der Waals surface area contributed by atoms with E-state index in [9.17, 15) is 13.2 Å². The quantitative estimate of drug-likeness (QED) is 0.303. The Labute approximate surface area is 255 Å². The number of amidine groups is 1. The molecule has 0 atom stereocenters. The van der Waals surface area contributed by atoms with Crippen LogP contribution in [-0.4, -0.2) is 53.7 Å². The normalized spacial score (nSPS) is 16.3. The van der Waals surface area contributed by atoms with Crippen molar-refractivity contribution in [2.24, 2.45) is 9.98 Å². The van der Waals surface area contributed by atoms with Gasteiger partial charge in [-0.2, -0.15) is 18.4 Å². The van der Waals surface area contributed by atoms with Gasteiger partial charge in [0, 0.05) is 42.5 Å². The van der Waals surface area contributed by atoms with Crippen molar-refractivity contribution >= 4 is 44.9 Å². The molecule has 1 saturated carbocycles. The molecule has 2 fully saturated rings. The molecule has 7 rings (SSSR count). The largest absolute Gasteiger partial charge is 0.416 e. The molecular formula is C32H27F3N8S. The highest BCUT2D eigenvalue weighted by Gasteiger charge is 2.31. The minimum absolute atomic E-state index is 0.397. The molecule has 0 radical (unpaired) electrons. The van der Waals surface area contributed by atoms with Crippen molar-refractivity contribution in [2.75, 3.05) is 42.9 Å². The van der Waals surface area contributed by atoms with E-state index in [1.807, 2.05) is 18.2 Å². The minimum Gasteiger partial charge on any atom is -0.367 e. The Hall–Kier alpha value is -4.60. The Bertz CT molecular complexity index is 1930. The Morgan fingerprint density at radius 1 is 0.932 bits per heavy atom. The molecule has 0 amide bonds. The molecule has 0 spiro atoms. The average Bonchev–Trinajstić information content (AvgIpc) is 3.61. The number of halogens is 3. The number of benzene rings is 3. The van der Waals surface area contributed by atoms with Crippen LogP contribution in [0, 0.1) is 11.3 Å². The molecule has 0 bridgehead atoms. The van der Waals surface area contributed by atoms with E-state index >= 15 is 0 Å². The second-order valence-electron chi connectivity index (χ2n) is 10.9. The molecule has 1 aromatic heterocycles. The Morgan fingerprint density at radius 3 is 2.27 bits per heavy atom. The number of hydrogen-bond donors (Lipinski definition) is 1. The van der Waals surface area contributed by atoms with E-state index in [4.69, 9.17) is 15.2 Å². The number of anilines is 3. The fraction of sp³-hybridized carbons (Fsp3) is 0.281. The summed E-state index contributed by atoms with van der Waals surface area (Å²) in [6.07, 6.45) is -2.54. The van der Waals surface area contributed by atoms with Gasteiger partial charge >= 0.3 is 6.18 Å². The van der Waals surface area contributed by atoms with E-state index in [2.05, 4.69) is 38.3 Å². The average molecular weight is 613 g/mol. The van der Waals surface area contributed by atoms with Gasteiger partial charge in [-0.15, -0.1) is 10.2 Å². The topological polar surface area (TPSA) is 92.8 Å². The summed E-state index contributed by atoms with van der Waals surface area (Å²) in [6, 6.07) is 16.4. The summed E-state index contributed by atoms with van der Waals surface area (Å²) >= 11 is 1.43. The number of likely N-dealkylation sites (N-methyl/N-ethyl adjacent to an activating group) is 1. The van der Waals surface area contributed by atoms with E-state index in [1.165, 1.54) is 29.0 Å². The van der Waals surface area contributed by atoms with Gasteiger partial charge in [-0.3, -0.25) is 0 Å². The zero-order valence-corrected chi connectivity index (χ0v) is 24.6. The van der Waals surface area contributed by atoms with Gasteiger partial charge < -0.3 is 15.1 Å². The standard InChI is InChI=1S/C32H27F3N8S/c1-2-42-13-15-43(16-14-42)25-17-24-27(38-29(37-24)21-9-11-23(12-10-21)32(33,34)35)26(20-7-8-20)28(25)39-31-41-40-30(44-31)22-5-3-19(18-36)4-6-22/h3-6,9-12,17H,2,7-8,13-16H2,1H3,(H,39,41). The number of hydrogen-bond acceptors (Lipinski definition) is 9. The highest BCUT2D eigenvalue weighted by atomic mass is 32.1. The second-order valence-corrected chi connectivity index (χ2v) is 11.9. The van der Waals surface area contributed by atoms with Crippen LogP contribution in [0.15, 0.2) is 64.6 Å². The lowest BCUT2D eigenvalue weighted by Crippen LogP contribution is -2.47. The summed E-state index contributed by atoms with van der Waals surface area (Å²) in [5.74, 6) is 0.397. The van der Waals surface area contributed by atoms with Gasteiger partial charge in [-0.25, -0.2) is 9.98 Å². The molecule has 44 heavy (non-hydrogen) atoms.